The van der Waals surface area contributed by atoms with E-state index in [1.807, 2.05) is 0 Å². The number of nitrogens with two attached hydrogens (primary N) is 1. The van der Waals surface area contributed by atoms with Crippen molar-refractivity contribution in [3.05, 3.63) is 11.1 Å². The van der Waals surface area contributed by atoms with Crippen LogP contribution in [0.3, 0.4) is 0 Å². The number of anilines is 1. The van der Waals surface area contributed by atoms with Gasteiger partial charge < -0.3 is 15.8 Å². The molecule has 0 aliphatic heterocycles. The van der Waals surface area contributed by atoms with E-state index < -0.39 is 5.97 Å². The Hall–Kier alpha value is -1.63. The van der Waals surface area contributed by atoms with Gasteiger partial charge in [-0.1, -0.05) is 0 Å². The third-order valence-corrected chi connectivity index (χ3v) is 2.91. The number of nitrogens with zero attached hydrogens (tertiary/aromatic N) is 1. The summed E-state index contributed by atoms with van der Waals surface area (Å²) in [6.45, 7) is 2.79. The number of amides is 1. The Morgan fingerprint density at radius 1 is 1.50 bits per heavy atom. The van der Waals surface area contributed by atoms with E-state index in [4.69, 9.17) is 10.5 Å². The van der Waals surface area contributed by atoms with Crippen molar-refractivity contribution in [2.24, 2.45) is 5.73 Å². The van der Waals surface area contributed by atoms with Gasteiger partial charge in [-0.15, -0.1) is 11.3 Å². The monoisotopic (exact) mass is 271 g/mol. The molecule has 0 saturated carbocycles. The number of rotatable bonds is 8. The Labute approximate surface area is 110 Å². The minimum atomic E-state index is -0.407. The zero-order valence-electron chi connectivity index (χ0n) is 10.3. The van der Waals surface area contributed by atoms with E-state index in [1.54, 1.807) is 12.3 Å². The van der Waals surface area contributed by atoms with Gasteiger partial charge in [0.25, 0.3) is 0 Å². The van der Waals surface area contributed by atoms with Crippen LogP contribution in [0.25, 0.3) is 0 Å². The first-order valence-corrected chi connectivity index (χ1v) is 6.66. The third-order valence-electron chi connectivity index (χ3n) is 2.11. The second-order valence-corrected chi connectivity index (χ2v) is 4.47. The number of primary amides is 1. The highest BCUT2D eigenvalue weighted by molar-refractivity contribution is 7.13. The predicted molar refractivity (Wildman–Crippen MR) is 69.6 cm³/mol. The fourth-order valence-electron chi connectivity index (χ4n) is 1.27. The molecule has 0 atom stereocenters. The van der Waals surface area contributed by atoms with Crippen molar-refractivity contribution < 1.29 is 14.3 Å². The fraction of sp³-hybridized carbons (Fsp3) is 0.545. The Kier molecular flexibility index (Phi) is 6.13. The molecule has 0 radical (unpaired) electrons. The van der Waals surface area contributed by atoms with Gasteiger partial charge in [-0.2, -0.15) is 0 Å². The number of unbranched alkanes of at least 4 members (excludes halogenated alkanes) is 1. The van der Waals surface area contributed by atoms with Crippen LogP contribution in [0.15, 0.2) is 5.38 Å². The van der Waals surface area contributed by atoms with Crippen LogP contribution in [0, 0.1) is 0 Å². The number of thiazole rings is 1. The van der Waals surface area contributed by atoms with Crippen molar-refractivity contribution in [1.29, 1.82) is 0 Å². The Morgan fingerprint density at radius 3 is 2.94 bits per heavy atom. The van der Waals surface area contributed by atoms with Gasteiger partial charge in [-0.3, -0.25) is 4.79 Å². The molecule has 100 valence electrons. The molecular weight excluding hydrogens is 254 g/mol. The minimum absolute atomic E-state index is 0.283. The summed E-state index contributed by atoms with van der Waals surface area (Å²) in [4.78, 5) is 26.0. The quantitative estimate of drug-likeness (QED) is 0.550. The highest BCUT2D eigenvalue weighted by Crippen LogP contribution is 2.16. The van der Waals surface area contributed by atoms with Crippen molar-refractivity contribution in [2.45, 2.75) is 26.2 Å². The summed E-state index contributed by atoms with van der Waals surface area (Å²) in [5.41, 5.74) is 5.35. The van der Waals surface area contributed by atoms with Crippen LogP contribution in [0.2, 0.25) is 0 Å². The van der Waals surface area contributed by atoms with Crippen LogP contribution in [-0.2, 0) is 9.53 Å². The molecule has 1 rings (SSSR count). The lowest BCUT2D eigenvalue weighted by Gasteiger charge is -2.01. The maximum Gasteiger partial charge on any atom is 0.357 e. The zero-order chi connectivity index (χ0) is 13.4. The summed E-state index contributed by atoms with van der Waals surface area (Å²) < 4.78 is 4.84. The first-order chi connectivity index (χ1) is 8.63. The number of esters is 1. The summed E-state index contributed by atoms with van der Waals surface area (Å²) in [5, 5.41) is 5.42. The molecule has 1 heterocycles. The molecule has 0 unspecified atom stereocenters. The topological polar surface area (TPSA) is 94.3 Å². The average molecular weight is 271 g/mol. The molecule has 0 spiro atoms. The molecule has 7 heteroatoms. The van der Waals surface area contributed by atoms with Gasteiger partial charge in [0.1, 0.15) is 0 Å². The SMILES string of the molecule is CCOC(=O)c1csc(NCCCCC(N)=O)n1. The molecular formula is C11H17N3O3S. The van der Waals surface area contributed by atoms with Crippen LogP contribution >= 0.6 is 11.3 Å². The van der Waals surface area contributed by atoms with Crippen LogP contribution < -0.4 is 11.1 Å². The second kappa shape index (κ2) is 7.65. The maximum atomic E-state index is 11.4. The van der Waals surface area contributed by atoms with E-state index in [9.17, 15) is 9.59 Å². The summed E-state index contributed by atoms with van der Waals surface area (Å²) in [6.07, 6.45) is 1.98. The summed E-state index contributed by atoms with van der Waals surface area (Å²) >= 11 is 1.35. The van der Waals surface area contributed by atoms with Gasteiger partial charge >= 0.3 is 5.97 Å². The van der Waals surface area contributed by atoms with Crippen LogP contribution in [-0.4, -0.2) is 30.0 Å². The Bertz CT molecular complexity index is 406. The van der Waals surface area contributed by atoms with Crippen LogP contribution in [0.1, 0.15) is 36.7 Å². The Morgan fingerprint density at radius 2 is 2.28 bits per heavy atom. The van der Waals surface area contributed by atoms with E-state index in [1.165, 1.54) is 11.3 Å². The molecule has 0 aromatic carbocycles. The van der Waals surface area contributed by atoms with Gasteiger partial charge in [0.15, 0.2) is 10.8 Å². The predicted octanol–water partition coefficient (Wildman–Crippen LogP) is 1.39. The molecule has 1 amide bonds. The second-order valence-electron chi connectivity index (χ2n) is 3.61. The molecule has 0 bridgehead atoms. The van der Waals surface area contributed by atoms with Gasteiger partial charge in [-0.25, -0.2) is 9.78 Å². The number of hydrogen-bond donors (Lipinski definition) is 2. The highest BCUT2D eigenvalue weighted by Gasteiger charge is 2.10. The lowest BCUT2D eigenvalue weighted by atomic mass is 10.2. The van der Waals surface area contributed by atoms with Crippen molar-refractivity contribution in [3.63, 3.8) is 0 Å². The van der Waals surface area contributed by atoms with Gasteiger partial charge in [0.2, 0.25) is 5.91 Å². The zero-order valence-corrected chi connectivity index (χ0v) is 11.1. The first kappa shape index (κ1) is 14.4. The number of hydrogen-bond acceptors (Lipinski definition) is 6. The van der Waals surface area contributed by atoms with Crippen LogP contribution in [0.5, 0.6) is 0 Å². The number of ether oxygens (including phenoxy) is 1. The van der Waals surface area contributed by atoms with E-state index in [2.05, 4.69) is 10.3 Å². The summed E-state index contributed by atoms with van der Waals surface area (Å²) in [7, 11) is 0. The van der Waals surface area contributed by atoms with Gasteiger partial charge in [0, 0.05) is 18.3 Å². The lowest BCUT2D eigenvalue weighted by Crippen LogP contribution is -2.11. The number of aromatic nitrogens is 1. The molecule has 0 aliphatic rings. The van der Waals surface area contributed by atoms with Crippen molar-refractivity contribution in [2.75, 3.05) is 18.5 Å². The van der Waals surface area contributed by atoms with Gasteiger partial charge in [0.05, 0.1) is 6.61 Å². The highest BCUT2D eigenvalue weighted by atomic mass is 32.1. The molecule has 0 fully saturated rings. The Balaban J connectivity index is 2.27. The lowest BCUT2D eigenvalue weighted by molar-refractivity contribution is -0.118. The van der Waals surface area contributed by atoms with Crippen molar-refractivity contribution >= 4 is 28.3 Å². The minimum Gasteiger partial charge on any atom is -0.461 e. The summed E-state index contributed by atoms with van der Waals surface area (Å²) in [6, 6.07) is 0. The van der Waals surface area contributed by atoms with E-state index in [0.29, 0.717) is 30.4 Å². The fourth-order valence-corrected chi connectivity index (χ4v) is 1.98. The molecule has 6 nitrogen and oxygen atoms in total. The summed E-state index contributed by atoms with van der Waals surface area (Å²) in [5.74, 6) is -0.690. The molecule has 0 aliphatic carbocycles. The number of nitrogens with one attached hydrogen (secondary N) is 1. The molecule has 0 saturated heterocycles. The largest absolute Gasteiger partial charge is 0.461 e. The average Bonchev–Trinajstić information content (AvgIpc) is 2.77. The molecule has 1 aromatic rings. The third kappa shape index (κ3) is 5.13. The van der Waals surface area contributed by atoms with Crippen molar-refractivity contribution in [1.82, 2.24) is 4.98 Å². The van der Waals surface area contributed by atoms with E-state index >= 15 is 0 Å². The van der Waals surface area contributed by atoms with Gasteiger partial charge in [-0.05, 0) is 19.8 Å². The smallest absolute Gasteiger partial charge is 0.357 e. The first-order valence-electron chi connectivity index (χ1n) is 5.78. The van der Waals surface area contributed by atoms with Crippen molar-refractivity contribution in [3.8, 4) is 0 Å². The van der Waals surface area contributed by atoms with E-state index in [-0.39, 0.29) is 5.91 Å². The molecule has 18 heavy (non-hydrogen) atoms. The standard InChI is InChI=1S/C11H17N3O3S/c1-2-17-10(16)8-7-18-11(14-8)13-6-4-3-5-9(12)15/h7H,2-6H2,1H3,(H2,12,15)(H,13,14). The normalized spacial score (nSPS) is 10.1. The van der Waals surface area contributed by atoms with E-state index in [0.717, 1.165) is 12.8 Å². The molecule has 1 aromatic heterocycles. The molecule has 3 N–H and O–H groups in total. The number of carbonyl (C=O) groups excluding carboxylic acids is 2. The van der Waals surface area contributed by atoms with Crippen LogP contribution in [0.4, 0.5) is 5.13 Å². The number of carbonyl (C=O) groups is 2. The maximum absolute atomic E-state index is 11.4.